The van der Waals surface area contributed by atoms with Crippen LogP contribution in [-0.4, -0.2) is 42.1 Å². The summed E-state index contributed by atoms with van der Waals surface area (Å²) in [6.07, 6.45) is 2.27. The molecule has 0 amide bonds. The summed E-state index contributed by atoms with van der Waals surface area (Å²) in [5.74, 6) is 2.53. The van der Waals surface area contributed by atoms with Gasteiger partial charge in [0, 0.05) is 41.7 Å². The van der Waals surface area contributed by atoms with Gasteiger partial charge < -0.3 is 5.32 Å². The van der Waals surface area contributed by atoms with Gasteiger partial charge in [-0.25, -0.2) is 0 Å². The van der Waals surface area contributed by atoms with E-state index < -0.39 is 0 Å². The third-order valence-corrected chi connectivity index (χ3v) is 5.67. The summed E-state index contributed by atoms with van der Waals surface area (Å²) in [4.78, 5) is 2.62. The summed E-state index contributed by atoms with van der Waals surface area (Å²) in [5, 5.41) is 4.55. The number of nitrogens with zero attached hydrogens (tertiary/aromatic N) is 1. The van der Waals surface area contributed by atoms with E-state index in [9.17, 15) is 0 Å². The third-order valence-electron chi connectivity index (χ3n) is 4.13. The lowest BCUT2D eigenvalue weighted by atomic mass is 10.0. The Bertz CT molecular complexity index is 427. The molecule has 2 rings (SSSR count). The average molecular weight is 327 g/mol. The van der Waals surface area contributed by atoms with Gasteiger partial charge in [0.1, 0.15) is 0 Å². The van der Waals surface area contributed by atoms with Crippen molar-refractivity contribution in [3.8, 4) is 0 Å². The summed E-state index contributed by atoms with van der Waals surface area (Å²) in [5.41, 5.74) is 1.24. The molecule has 118 valence electrons. The molecule has 2 atom stereocenters. The average Bonchev–Trinajstić information content (AvgIpc) is 2.50. The number of rotatable bonds is 7. The highest BCUT2D eigenvalue weighted by atomic mass is 35.5. The number of hydrogen-bond donors (Lipinski definition) is 1. The van der Waals surface area contributed by atoms with Gasteiger partial charge in [-0.2, -0.15) is 11.8 Å². The van der Waals surface area contributed by atoms with Gasteiger partial charge in [0.15, 0.2) is 0 Å². The van der Waals surface area contributed by atoms with E-state index in [0.29, 0.717) is 12.1 Å². The molecule has 0 aliphatic carbocycles. The fraction of sp³-hybridized carbons (Fsp3) is 0.647. The van der Waals surface area contributed by atoms with E-state index in [1.807, 2.05) is 12.1 Å². The Kier molecular flexibility index (Phi) is 7.38. The van der Waals surface area contributed by atoms with E-state index in [4.69, 9.17) is 11.6 Å². The molecule has 1 aliphatic heterocycles. The number of halogens is 1. The highest BCUT2D eigenvalue weighted by Crippen LogP contribution is 2.26. The smallest absolute Gasteiger partial charge is 0.0453 e. The quantitative estimate of drug-likeness (QED) is 0.808. The van der Waals surface area contributed by atoms with Crippen molar-refractivity contribution in [1.29, 1.82) is 0 Å². The van der Waals surface area contributed by atoms with E-state index in [2.05, 4.69) is 48.0 Å². The van der Waals surface area contributed by atoms with Gasteiger partial charge in [-0.3, -0.25) is 4.90 Å². The molecule has 1 fully saturated rings. The molecular formula is C17H27ClN2S. The van der Waals surface area contributed by atoms with Crippen LogP contribution in [0.1, 0.15) is 38.3 Å². The van der Waals surface area contributed by atoms with Gasteiger partial charge in [-0.15, -0.1) is 0 Å². The van der Waals surface area contributed by atoms with Crippen molar-refractivity contribution in [3.63, 3.8) is 0 Å². The summed E-state index contributed by atoms with van der Waals surface area (Å²) in [7, 11) is 0. The number of thioether (sulfide) groups is 1. The van der Waals surface area contributed by atoms with Crippen molar-refractivity contribution in [2.45, 2.75) is 38.8 Å². The third kappa shape index (κ3) is 5.17. The maximum atomic E-state index is 6.39. The first-order chi connectivity index (χ1) is 10.2. The van der Waals surface area contributed by atoms with Gasteiger partial charge in [-0.1, -0.05) is 36.7 Å². The molecule has 0 aromatic heterocycles. The zero-order chi connectivity index (χ0) is 15.1. The summed E-state index contributed by atoms with van der Waals surface area (Å²) in [6.45, 7) is 7.96. The van der Waals surface area contributed by atoms with Crippen LogP contribution in [0.15, 0.2) is 24.3 Å². The van der Waals surface area contributed by atoms with Crippen LogP contribution in [0.2, 0.25) is 5.02 Å². The van der Waals surface area contributed by atoms with E-state index in [0.717, 1.165) is 31.0 Å². The molecule has 1 aromatic carbocycles. The number of benzene rings is 1. The highest BCUT2D eigenvalue weighted by Gasteiger charge is 2.21. The second kappa shape index (κ2) is 9.04. The first-order valence-corrected chi connectivity index (χ1v) is 9.55. The minimum atomic E-state index is 0.362. The number of nitrogens with one attached hydrogen (secondary N) is 1. The molecule has 1 saturated heterocycles. The van der Waals surface area contributed by atoms with Gasteiger partial charge in [0.25, 0.3) is 0 Å². The summed E-state index contributed by atoms with van der Waals surface area (Å²) >= 11 is 8.47. The molecule has 4 heteroatoms. The Morgan fingerprint density at radius 2 is 2.24 bits per heavy atom. The fourth-order valence-corrected chi connectivity index (χ4v) is 4.18. The van der Waals surface area contributed by atoms with Crippen LogP contribution in [0, 0.1) is 0 Å². The van der Waals surface area contributed by atoms with Crippen LogP contribution in [0.5, 0.6) is 0 Å². The summed E-state index contributed by atoms with van der Waals surface area (Å²) < 4.78 is 0. The molecule has 0 radical (unpaired) electrons. The standard InChI is InChI=1S/C17H27ClN2S/c1-3-9-19-17(15-6-4-5-7-16(15)18)8-10-20-11-12-21-13-14(20)2/h4-7,14,17,19H,3,8-13H2,1-2H3. The Morgan fingerprint density at radius 1 is 1.43 bits per heavy atom. The zero-order valence-corrected chi connectivity index (χ0v) is 14.7. The van der Waals surface area contributed by atoms with Crippen LogP contribution in [0.3, 0.4) is 0 Å². The van der Waals surface area contributed by atoms with Crippen LogP contribution < -0.4 is 5.32 Å². The first-order valence-electron chi connectivity index (χ1n) is 8.02. The normalized spacial score (nSPS) is 21.4. The van der Waals surface area contributed by atoms with E-state index in [-0.39, 0.29) is 0 Å². The van der Waals surface area contributed by atoms with Crippen LogP contribution in [0.4, 0.5) is 0 Å². The topological polar surface area (TPSA) is 15.3 Å². The predicted molar refractivity (Wildman–Crippen MR) is 95.5 cm³/mol. The molecule has 1 heterocycles. The fourth-order valence-electron chi connectivity index (χ4n) is 2.83. The van der Waals surface area contributed by atoms with Crippen molar-refractivity contribution in [1.82, 2.24) is 10.2 Å². The van der Waals surface area contributed by atoms with Crippen LogP contribution in [0.25, 0.3) is 0 Å². The molecule has 0 bridgehead atoms. The minimum absolute atomic E-state index is 0.362. The van der Waals surface area contributed by atoms with E-state index in [1.54, 1.807) is 0 Å². The maximum absolute atomic E-state index is 6.39. The van der Waals surface area contributed by atoms with Crippen molar-refractivity contribution < 1.29 is 0 Å². The first kappa shape index (κ1) is 17.1. The zero-order valence-electron chi connectivity index (χ0n) is 13.1. The molecule has 1 N–H and O–H groups in total. The van der Waals surface area contributed by atoms with Crippen molar-refractivity contribution in [2.75, 3.05) is 31.1 Å². The van der Waals surface area contributed by atoms with Crippen LogP contribution in [-0.2, 0) is 0 Å². The van der Waals surface area contributed by atoms with Crippen molar-refractivity contribution >= 4 is 23.4 Å². The Morgan fingerprint density at radius 3 is 2.95 bits per heavy atom. The molecule has 0 saturated carbocycles. The number of hydrogen-bond acceptors (Lipinski definition) is 3. The molecule has 2 nitrogen and oxygen atoms in total. The largest absolute Gasteiger partial charge is 0.310 e. The molecule has 0 spiro atoms. The van der Waals surface area contributed by atoms with Gasteiger partial charge in [0.05, 0.1) is 0 Å². The van der Waals surface area contributed by atoms with E-state index in [1.165, 1.54) is 23.6 Å². The Hall–Kier alpha value is -0.220. The summed E-state index contributed by atoms with van der Waals surface area (Å²) in [6, 6.07) is 9.31. The van der Waals surface area contributed by atoms with Gasteiger partial charge >= 0.3 is 0 Å². The lowest BCUT2D eigenvalue weighted by Gasteiger charge is -2.34. The molecule has 21 heavy (non-hydrogen) atoms. The highest BCUT2D eigenvalue weighted by molar-refractivity contribution is 7.99. The molecule has 1 aromatic rings. The van der Waals surface area contributed by atoms with E-state index >= 15 is 0 Å². The minimum Gasteiger partial charge on any atom is -0.310 e. The second-order valence-corrected chi connectivity index (χ2v) is 7.33. The maximum Gasteiger partial charge on any atom is 0.0453 e. The van der Waals surface area contributed by atoms with Gasteiger partial charge in [-0.05, 0) is 37.9 Å². The van der Waals surface area contributed by atoms with Crippen molar-refractivity contribution in [3.05, 3.63) is 34.9 Å². The second-order valence-electron chi connectivity index (χ2n) is 5.78. The van der Waals surface area contributed by atoms with Crippen molar-refractivity contribution in [2.24, 2.45) is 0 Å². The lowest BCUT2D eigenvalue weighted by molar-refractivity contribution is 0.219. The SMILES string of the molecule is CCCNC(CCN1CCSCC1C)c1ccccc1Cl. The predicted octanol–water partition coefficient (Wildman–Crippen LogP) is 4.21. The Labute approximate surface area is 138 Å². The molecule has 1 aliphatic rings. The van der Waals surface area contributed by atoms with Crippen LogP contribution >= 0.6 is 23.4 Å². The lowest BCUT2D eigenvalue weighted by Crippen LogP contribution is -2.42. The Balaban J connectivity index is 1.97. The van der Waals surface area contributed by atoms with Gasteiger partial charge in [0.2, 0.25) is 0 Å². The molecule has 2 unspecified atom stereocenters. The monoisotopic (exact) mass is 326 g/mol. The molecular weight excluding hydrogens is 300 g/mol.